The van der Waals surface area contributed by atoms with Gasteiger partial charge in [0.05, 0.1) is 18.3 Å². The number of aryl methyl sites for hydroxylation is 1. The average molecular weight is 517 g/mol. The van der Waals surface area contributed by atoms with Gasteiger partial charge in [0.25, 0.3) is 5.91 Å². The minimum absolute atomic E-state index is 0.0335. The van der Waals surface area contributed by atoms with E-state index in [9.17, 15) is 18.0 Å². The van der Waals surface area contributed by atoms with Crippen LogP contribution in [0.25, 0.3) is 0 Å². The molecule has 0 bridgehead atoms. The number of carbonyl (C=O) groups is 1. The van der Waals surface area contributed by atoms with Crippen molar-refractivity contribution in [2.75, 3.05) is 32.7 Å². The van der Waals surface area contributed by atoms with Crippen molar-refractivity contribution in [3.05, 3.63) is 106 Å². The van der Waals surface area contributed by atoms with Gasteiger partial charge in [0.2, 0.25) is 0 Å². The second kappa shape index (κ2) is 11.5. The molecule has 1 heterocycles. The highest BCUT2D eigenvalue weighted by molar-refractivity contribution is 6.30. The molecule has 3 aromatic carbocycles. The smallest absolute Gasteiger partial charge is 0.368 e. The summed E-state index contributed by atoms with van der Waals surface area (Å²) in [6.45, 7) is 5.36. The Labute approximate surface area is 214 Å². The van der Waals surface area contributed by atoms with Crippen LogP contribution in [0.15, 0.2) is 72.8 Å². The summed E-state index contributed by atoms with van der Waals surface area (Å²) in [6, 6.07) is 20.0. The summed E-state index contributed by atoms with van der Waals surface area (Å²) in [5, 5.41) is 0.614. The van der Waals surface area contributed by atoms with Crippen LogP contribution >= 0.6 is 11.6 Å². The van der Waals surface area contributed by atoms with E-state index in [0.29, 0.717) is 48.9 Å². The van der Waals surface area contributed by atoms with Gasteiger partial charge in [-0.15, -0.1) is 0 Å². The Morgan fingerprint density at radius 2 is 1.64 bits per heavy atom. The third-order valence-corrected chi connectivity index (χ3v) is 6.57. The van der Waals surface area contributed by atoms with Gasteiger partial charge in [-0.2, -0.15) is 13.2 Å². The first-order valence-electron chi connectivity index (χ1n) is 11.8. The Balaban J connectivity index is 1.38. The van der Waals surface area contributed by atoms with Gasteiger partial charge in [-0.05, 0) is 54.4 Å². The third kappa shape index (κ3) is 6.87. The molecule has 1 aliphatic heterocycles. The van der Waals surface area contributed by atoms with Crippen molar-refractivity contribution in [2.45, 2.75) is 25.8 Å². The molecule has 8 heteroatoms. The fraction of sp³-hybridized carbons (Fsp3) is 0.321. The van der Waals surface area contributed by atoms with E-state index in [1.807, 2.05) is 48.2 Å². The predicted molar refractivity (Wildman–Crippen MR) is 134 cm³/mol. The van der Waals surface area contributed by atoms with Gasteiger partial charge < -0.3 is 9.64 Å². The Hall–Kier alpha value is -2.87. The van der Waals surface area contributed by atoms with Crippen LogP contribution in [0.2, 0.25) is 5.02 Å². The summed E-state index contributed by atoms with van der Waals surface area (Å²) in [6.07, 6.45) is -4.67. The zero-order valence-electron chi connectivity index (χ0n) is 20.0. The molecule has 1 atom stereocenters. The molecule has 0 aromatic heterocycles. The molecule has 190 valence electrons. The van der Waals surface area contributed by atoms with E-state index in [2.05, 4.69) is 4.90 Å². The van der Waals surface area contributed by atoms with Gasteiger partial charge in [-0.25, -0.2) is 0 Å². The van der Waals surface area contributed by atoms with E-state index < -0.39 is 11.7 Å². The van der Waals surface area contributed by atoms with Gasteiger partial charge >= 0.3 is 6.18 Å². The predicted octanol–water partition coefficient (Wildman–Crippen LogP) is 6.38. The summed E-state index contributed by atoms with van der Waals surface area (Å²) in [5.41, 5.74) is 2.66. The average Bonchev–Trinajstić information content (AvgIpc) is 2.87. The molecule has 0 spiro atoms. The molecule has 0 N–H and O–H groups in total. The van der Waals surface area contributed by atoms with E-state index in [1.54, 1.807) is 12.1 Å². The molecular weight excluding hydrogens is 489 g/mol. The quantitative estimate of drug-likeness (QED) is 0.365. The molecule has 1 saturated heterocycles. The van der Waals surface area contributed by atoms with E-state index in [4.69, 9.17) is 16.3 Å². The molecule has 4 rings (SSSR count). The standard InChI is InChI=1S/C28H28ClF3N2O2/c1-20-3-2-4-23(17-20)27(35)34-15-13-33(14-16-34)18-26(22-7-11-25(29)12-8-22)36-19-21-5-9-24(10-6-21)28(30,31)32/h2-12,17,26H,13-16,18-19H2,1H3/t26-/m1/s1. The molecule has 0 saturated carbocycles. The number of ether oxygens (including phenoxy) is 1. The Kier molecular flexibility index (Phi) is 8.34. The lowest BCUT2D eigenvalue weighted by atomic mass is 10.1. The molecule has 1 aliphatic rings. The highest BCUT2D eigenvalue weighted by atomic mass is 35.5. The maximum Gasteiger partial charge on any atom is 0.416 e. The molecule has 4 nitrogen and oxygen atoms in total. The van der Waals surface area contributed by atoms with E-state index in [1.165, 1.54) is 12.1 Å². The third-order valence-electron chi connectivity index (χ3n) is 6.32. The van der Waals surface area contributed by atoms with Crippen LogP contribution in [-0.4, -0.2) is 48.4 Å². The number of halogens is 4. The fourth-order valence-electron chi connectivity index (χ4n) is 4.25. The second-order valence-electron chi connectivity index (χ2n) is 9.01. The van der Waals surface area contributed by atoms with Crippen LogP contribution in [0.3, 0.4) is 0 Å². The second-order valence-corrected chi connectivity index (χ2v) is 9.44. The number of nitrogens with zero attached hydrogens (tertiary/aromatic N) is 2. The summed E-state index contributed by atoms with van der Waals surface area (Å²) in [4.78, 5) is 17.0. The first-order chi connectivity index (χ1) is 17.2. The normalized spacial score (nSPS) is 15.6. The van der Waals surface area contributed by atoms with Crippen LogP contribution in [-0.2, 0) is 17.5 Å². The van der Waals surface area contributed by atoms with Gasteiger partial charge in [0.15, 0.2) is 0 Å². The van der Waals surface area contributed by atoms with E-state index in [-0.39, 0.29) is 18.6 Å². The number of benzene rings is 3. The van der Waals surface area contributed by atoms with Crippen LogP contribution in [0.4, 0.5) is 13.2 Å². The lowest BCUT2D eigenvalue weighted by Gasteiger charge is -2.36. The molecule has 3 aromatic rings. The van der Waals surface area contributed by atoms with Crippen molar-refractivity contribution in [1.82, 2.24) is 9.80 Å². The largest absolute Gasteiger partial charge is 0.416 e. The van der Waals surface area contributed by atoms with Crippen molar-refractivity contribution in [2.24, 2.45) is 0 Å². The first-order valence-corrected chi connectivity index (χ1v) is 12.2. The number of alkyl halides is 3. The summed E-state index contributed by atoms with van der Waals surface area (Å²) in [5.74, 6) is 0.0335. The zero-order chi connectivity index (χ0) is 25.7. The van der Waals surface area contributed by atoms with Crippen LogP contribution in [0.5, 0.6) is 0 Å². The highest BCUT2D eigenvalue weighted by Gasteiger charge is 2.30. The monoisotopic (exact) mass is 516 g/mol. The van der Waals surface area contributed by atoms with Crippen molar-refractivity contribution >= 4 is 17.5 Å². The lowest BCUT2D eigenvalue weighted by Crippen LogP contribution is -2.49. The lowest BCUT2D eigenvalue weighted by molar-refractivity contribution is -0.137. The van der Waals surface area contributed by atoms with Crippen LogP contribution in [0, 0.1) is 6.92 Å². The van der Waals surface area contributed by atoms with E-state index in [0.717, 1.165) is 23.3 Å². The molecule has 36 heavy (non-hydrogen) atoms. The number of amides is 1. The first kappa shape index (κ1) is 26.2. The number of carbonyl (C=O) groups excluding carboxylic acids is 1. The maximum absolute atomic E-state index is 12.9. The van der Waals surface area contributed by atoms with Crippen molar-refractivity contribution in [3.8, 4) is 0 Å². The summed E-state index contributed by atoms with van der Waals surface area (Å²) >= 11 is 6.06. The highest BCUT2D eigenvalue weighted by Crippen LogP contribution is 2.30. The van der Waals surface area contributed by atoms with Gasteiger partial charge in [0, 0.05) is 43.3 Å². The molecule has 1 amide bonds. The number of hydrogen-bond acceptors (Lipinski definition) is 3. The maximum atomic E-state index is 12.9. The Bertz CT molecular complexity index is 1160. The number of piperazine rings is 1. The Morgan fingerprint density at radius 3 is 2.25 bits per heavy atom. The van der Waals surface area contributed by atoms with E-state index >= 15 is 0 Å². The molecule has 0 unspecified atom stereocenters. The van der Waals surface area contributed by atoms with Gasteiger partial charge in [0.1, 0.15) is 0 Å². The fourth-order valence-corrected chi connectivity index (χ4v) is 4.37. The summed E-state index contributed by atoms with van der Waals surface area (Å²) < 4.78 is 44.8. The minimum atomic E-state index is -4.37. The SMILES string of the molecule is Cc1cccc(C(=O)N2CCN(C[C@@H](OCc3ccc(C(F)(F)F)cc3)c3ccc(Cl)cc3)CC2)c1. The molecule has 0 aliphatic carbocycles. The molecular formula is C28H28ClF3N2O2. The van der Waals surface area contributed by atoms with Crippen molar-refractivity contribution in [1.29, 1.82) is 0 Å². The summed E-state index contributed by atoms with van der Waals surface area (Å²) in [7, 11) is 0. The minimum Gasteiger partial charge on any atom is -0.368 e. The van der Waals surface area contributed by atoms with Crippen molar-refractivity contribution in [3.63, 3.8) is 0 Å². The van der Waals surface area contributed by atoms with Crippen molar-refractivity contribution < 1.29 is 22.7 Å². The molecule has 0 radical (unpaired) electrons. The van der Waals surface area contributed by atoms with Crippen LogP contribution < -0.4 is 0 Å². The van der Waals surface area contributed by atoms with Gasteiger partial charge in [-0.1, -0.05) is 53.6 Å². The molecule has 1 fully saturated rings. The van der Waals surface area contributed by atoms with Gasteiger partial charge in [-0.3, -0.25) is 9.69 Å². The number of rotatable bonds is 7. The van der Waals surface area contributed by atoms with Crippen LogP contribution in [0.1, 0.15) is 38.7 Å². The Morgan fingerprint density at radius 1 is 0.972 bits per heavy atom. The zero-order valence-corrected chi connectivity index (χ0v) is 20.7. The number of hydrogen-bond donors (Lipinski definition) is 0. The topological polar surface area (TPSA) is 32.8 Å².